The highest BCUT2D eigenvalue weighted by molar-refractivity contribution is 5.93. The molecule has 30 heavy (non-hydrogen) atoms. The summed E-state index contributed by atoms with van der Waals surface area (Å²) in [5, 5.41) is 11.3. The molecule has 7 nitrogen and oxygen atoms in total. The number of carbonyl (C=O) groups excluding carboxylic acids is 1. The number of aromatic nitrogens is 4. The molecule has 0 saturated heterocycles. The molecule has 2 heterocycles. The third-order valence-corrected chi connectivity index (χ3v) is 5.30. The molecule has 0 saturated carbocycles. The van der Waals surface area contributed by atoms with Gasteiger partial charge in [0.25, 0.3) is 5.56 Å². The van der Waals surface area contributed by atoms with E-state index >= 15 is 0 Å². The van der Waals surface area contributed by atoms with E-state index in [1.807, 2.05) is 71.0 Å². The average molecular weight is 403 g/mol. The monoisotopic (exact) mass is 403 g/mol. The van der Waals surface area contributed by atoms with Crippen LogP contribution in [0.5, 0.6) is 0 Å². The summed E-state index contributed by atoms with van der Waals surface area (Å²) in [6.45, 7) is 9.87. The van der Waals surface area contributed by atoms with E-state index < -0.39 is 0 Å². The fourth-order valence-electron chi connectivity index (χ4n) is 4.01. The molecular weight excluding hydrogens is 378 g/mol. The van der Waals surface area contributed by atoms with Crippen molar-refractivity contribution in [3.05, 3.63) is 69.3 Å². The Morgan fingerprint density at radius 3 is 2.30 bits per heavy atom. The minimum absolute atomic E-state index is 0.105. The zero-order valence-electron chi connectivity index (χ0n) is 17.9. The number of rotatable bonds is 4. The van der Waals surface area contributed by atoms with Gasteiger partial charge < -0.3 is 5.32 Å². The van der Waals surface area contributed by atoms with Crippen LogP contribution in [0, 0.1) is 20.8 Å². The first-order chi connectivity index (χ1) is 14.3. The molecule has 0 fully saturated rings. The molecule has 0 spiro atoms. The molecule has 4 aromatic rings. The molecule has 0 unspecified atom stereocenters. The van der Waals surface area contributed by atoms with Crippen LogP contribution in [0.4, 0.5) is 5.69 Å². The van der Waals surface area contributed by atoms with Crippen molar-refractivity contribution in [2.45, 2.75) is 47.1 Å². The van der Waals surface area contributed by atoms with E-state index in [9.17, 15) is 9.59 Å². The highest BCUT2D eigenvalue weighted by atomic mass is 16.2. The van der Waals surface area contributed by atoms with Crippen LogP contribution in [0.2, 0.25) is 0 Å². The second-order valence-corrected chi connectivity index (χ2v) is 8.07. The van der Waals surface area contributed by atoms with Gasteiger partial charge in [-0.2, -0.15) is 0 Å². The largest absolute Gasteiger partial charge is 0.324 e. The predicted molar refractivity (Wildman–Crippen MR) is 118 cm³/mol. The zero-order valence-corrected chi connectivity index (χ0v) is 17.9. The molecule has 0 bridgehead atoms. The molecule has 0 atom stereocenters. The second kappa shape index (κ2) is 7.40. The summed E-state index contributed by atoms with van der Waals surface area (Å²) in [5.74, 6) is 0.570. The lowest BCUT2D eigenvalue weighted by Gasteiger charge is -2.15. The van der Waals surface area contributed by atoms with Gasteiger partial charge in [-0.05, 0) is 44.0 Å². The minimum Gasteiger partial charge on any atom is -0.324 e. The topological polar surface area (TPSA) is 81.3 Å². The Balaban J connectivity index is 1.81. The summed E-state index contributed by atoms with van der Waals surface area (Å²) in [6.07, 6.45) is 0. The Hall–Kier alpha value is -3.48. The van der Waals surface area contributed by atoms with Crippen LogP contribution in [0.3, 0.4) is 0 Å². The van der Waals surface area contributed by atoms with Crippen molar-refractivity contribution in [3.8, 4) is 0 Å². The first kappa shape index (κ1) is 19.8. The number of hydrogen-bond acceptors (Lipinski definition) is 4. The number of para-hydroxylation sites is 2. The number of carbonyl (C=O) groups is 1. The van der Waals surface area contributed by atoms with Gasteiger partial charge in [0.05, 0.1) is 11.0 Å². The van der Waals surface area contributed by atoms with E-state index in [2.05, 4.69) is 15.5 Å². The van der Waals surface area contributed by atoms with Gasteiger partial charge in [0.1, 0.15) is 12.4 Å². The quantitative estimate of drug-likeness (QED) is 0.563. The summed E-state index contributed by atoms with van der Waals surface area (Å²) < 4.78 is 3.27. The van der Waals surface area contributed by atoms with Crippen molar-refractivity contribution in [1.29, 1.82) is 0 Å². The summed E-state index contributed by atoms with van der Waals surface area (Å²) >= 11 is 0. The molecule has 0 aliphatic heterocycles. The maximum absolute atomic E-state index is 13.2. The Morgan fingerprint density at radius 2 is 1.67 bits per heavy atom. The normalized spacial score (nSPS) is 11.5. The van der Waals surface area contributed by atoms with Crippen LogP contribution >= 0.6 is 0 Å². The van der Waals surface area contributed by atoms with Gasteiger partial charge in [-0.25, -0.2) is 0 Å². The molecule has 1 amide bonds. The maximum Gasteiger partial charge on any atom is 0.297 e. The number of hydrogen-bond donors (Lipinski definition) is 1. The molecule has 0 aliphatic rings. The molecule has 7 heteroatoms. The third kappa shape index (κ3) is 3.26. The summed E-state index contributed by atoms with van der Waals surface area (Å²) in [5.41, 5.74) is 5.28. The fourth-order valence-corrected chi connectivity index (χ4v) is 4.01. The standard InChI is InChI=1S/C23H25N5O2/c1-13(2)21-25-26-22-23(30)27(17-8-6-7-9-18(17)28(21)22)12-19(29)24-20-15(4)10-14(3)11-16(20)5/h6-11,13H,12H2,1-5H3,(H,24,29). The second-order valence-electron chi connectivity index (χ2n) is 8.07. The van der Waals surface area contributed by atoms with Gasteiger partial charge in [-0.3, -0.25) is 18.6 Å². The van der Waals surface area contributed by atoms with Crippen LogP contribution in [0.15, 0.2) is 41.2 Å². The van der Waals surface area contributed by atoms with Crippen molar-refractivity contribution in [1.82, 2.24) is 19.2 Å². The number of aryl methyl sites for hydroxylation is 3. The predicted octanol–water partition coefficient (Wildman–Crippen LogP) is 3.73. The number of nitrogens with one attached hydrogen (secondary N) is 1. The maximum atomic E-state index is 13.2. The molecule has 0 radical (unpaired) electrons. The summed E-state index contributed by atoms with van der Waals surface area (Å²) in [4.78, 5) is 26.1. The van der Waals surface area contributed by atoms with Gasteiger partial charge >= 0.3 is 0 Å². The van der Waals surface area contributed by atoms with E-state index in [4.69, 9.17) is 0 Å². The number of amides is 1. The molecule has 2 aromatic carbocycles. The van der Waals surface area contributed by atoms with Crippen LogP contribution in [-0.4, -0.2) is 25.1 Å². The van der Waals surface area contributed by atoms with Crippen LogP contribution in [0.1, 0.15) is 42.3 Å². The number of anilines is 1. The summed E-state index contributed by atoms with van der Waals surface area (Å²) in [7, 11) is 0. The lowest BCUT2D eigenvalue weighted by molar-refractivity contribution is -0.116. The van der Waals surface area contributed by atoms with Crippen LogP contribution < -0.4 is 10.9 Å². The van der Waals surface area contributed by atoms with Gasteiger partial charge in [0, 0.05) is 11.6 Å². The first-order valence-corrected chi connectivity index (χ1v) is 10.0. The molecule has 0 aliphatic carbocycles. The molecule has 4 rings (SSSR count). The zero-order chi connectivity index (χ0) is 21.6. The highest BCUT2D eigenvalue weighted by Crippen LogP contribution is 2.23. The van der Waals surface area contributed by atoms with E-state index in [1.165, 1.54) is 4.57 Å². The molecule has 2 aromatic heterocycles. The SMILES string of the molecule is Cc1cc(C)c(NC(=O)Cn2c(=O)c3nnc(C(C)C)n3c3ccccc32)c(C)c1. The Labute approximate surface area is 174 Å². The average Bonchev–Trinajstić information content (AvgIpc) is 3.14. The molecule has 154 valence electrons. The number of nitrogens with zero attached hydrogens (tertiary/aromatic N) is 4. The van der Waals surface area contributed by atoms with E-state index in [-0.39, 0.29) is 29.6 Å². The fraction of sp³-hybridized carbons (Fsp3) is 0.304. The van der Waals surface area contributed by atoms with Crippen molar-refractivity contribution in [3.63, 3.8) is 0 Å². The first-order valence-electron chi connectivity index (χ1n) is 10.0. The lowest BCUT2D eigenvalue weighted by Crippen LogP contribution is -2.30. The van der Waals surface area contributed by atoms with Crippen LogP contribution in [0.25, 0.3) is 16.7 Å². The van der Waals surface area contributed by atoms with Crippen molar-refractivity contribution >= 4 is 28.3 Å². The number of fused-ring (bicyclic) bond motifs is 3. The minimum atomic E-state index is -0.333. The Kier molecular flexibility index (Phi) is 4.89. The van der Waals surface area contributed by atoms with Crippen LogP contribution in [-0.2, 0) is 11.3 Å². The van der Waals surface area contributed by atoms with Gasteiger partial charge in [-0.1, -0.05) is 43.7 Å². The highest BCUT2D eigenvalue weighted by Gasteiger charge is 2.19. The van der Waals surface area contributed by atoms with Crippen molar-refractivity contribution < 1.29 is 4.79 Å². The Morgan fingerprint density at radius 1 is 1.03 bits per heavy atom. The molecule has 1 N–H and O–H groups in total. The van der Waals surface area contributed by atoms with Crippen molar-refractivity contribution in [2.75, 3.05) is 5.32 Å². The number of benzene rings is 2. The van der Waals surface area contributed by atoms with Crippen molar-refractivity contribution in [2.24, 2.45) is 0 Å². The van der Waals surface area contributed by atoms with Gasteiger partial charge in [-0.15, -0.1) is 10.2 Å². The summed E-state index contributed by atoms with van der Waals surface area (Å²) in [6, 6.07) is 11.6. The third-order valence-electron chi connectivity index (χ3n) is 5.30. The molecular formula is C23H25N5O2. The lowest BCUT2D eigenvalue weighted by atomic mass is 10.1. The Bertz CT molecular complexity index is 1320. The van der Waals surface area contributed by atoms with E-state index in [0.29, 0.717) is 5.52 Å². The van der Waals surface area contributed by atoms with Gasteiger partial charge in [0.15, 0.2) is 0 Å². The smallest absolute Gasteiger partial charge is 0.297 e. The van der Waals surface area contributed by atoms with E-state index in [1.54, 1.807) is 4.40 Å². The van der Waals surface area contributed by atoms with E-state index in [0.717, 1.165) is 33.7 Å². The van der Waals surface area contributed by atoms with Gasteiger partial charge in [0.2, 0.25) is 11.6 Å².